The number of nitrogens with one attached hydrogen (secondary N) is 1. The highest BCUT2D eigenvalue weighted by Crippen LogP contribution is 2.26. The molecule has 1 aromatic rings. The van der Waals surface area contributed by atoms with Crippen LogP contribution in [0.5, 0.6) is 0 Å². The third-order valence-electron chi connectivity index (χ3n) is 2.47. The molecular weight excluding hydrogens is 292 g/mol. The first-order valence-electron chi connectivity index (χ1n) is 6.46. The Balaban J connectivity index is 3.02. The normalized spacial score (nSPS) is 10.7. The smallest absolute Gasteiger partial charge is 0.412 e. The average Bonchev–Trinajstić information content (AvgIpc) is 2.36. The minimum atomic E-state index is -0.814. The highest BCUT2D eigenvalue weighted by atomic mass is 16.6. The Morgan fingerprint density at radius 2 is 1.95 bits per heavy atom. The topological polar surface area (TPSA) is 108 Å². The molecule has 1 N–H and O–H groups in total. The Morgan fingerprint density at radius 1 is 1.32 bits per heavy atom. The van der Waals surface area contributed by atoms with E-state index >= 15 is 0 Å². The van der Waals surface area contributed by atoms with E-state index in [1.807, 2.05) is 0 Å². The Bertz CT molecular complexity index is 591. The number of nitrogens with zero attached hydrogens (tertiary/aromatic N) is 1. The standard InChI is InChI=1S/C14H18N2O6/c1-14(2,3)22-13(18)15-10-7-9(8-12(17)21-4)5-6-11(10)16(19)20/h5-7H,8H2,1-4H3,(H,15,18). The molecule has 1 aromatic carbocycles. The largest absolute Gasteiger partial charge is 0.469 e. The fourth-order valence-corrected chi connectivity index (χ4v) is 1.60. The van der Waals surface area contributed by atoms with Crippen molar-refractivity contribution >= 4 is 23.4 Å². The zero-order valence-corrected chi connectivity index (χ0v) is 12.8. The molecule has 1 amide bonds. The molecule has 8 heteroatoms. The molecule has 120 valence electrons. The number of ether oxygens (including phenoxy) is 2. The first-order valence-corrected chi connectivity index (χ1v) is 6.46. The lowest BCUT2D eigenvalue weighted by molar-refractivity contribution is -0.383. The van der Waals surface area contributed by atoms with Crippen molar-refractivity contribution in [2.45, 2.75) is 32.8 Å². The number of rotatable bonds is 4. The minimum absolute atomic E-state index is 0.0411. The van der Waals surface area contributed by atoms with Gasteiger partial charge < -0.3 is 9.47 Å². The molecular formula is C14H18N2O6. The SMILES string of the molecule is COC(=O)Cc1ccc([N+](=O)[O-])c(NC(=O)OC(C)(C)C)c1. The fourth-order valence-electron chi connectivity index (χ4n) is 1.60. The summed E-state index contributed by atoms with van der Waals surface area (Å²) < 4.78 is 9.59. The average molecular weight is 310 g/mol. The minimum Gasteiger partial charge on any atom is -0.469 e. The lowest BCUT2D eigenvalue weighted by Gasteiger charge is -2.19. The molecule has 0 unspecified atom stereocenters. The van der Waals surface area contributed by atoms with E-state index in [1.165, 1.54) is 25.3 Å². The molecule has 8 nitrogen and oxygen atoms in total. The van der Waals surface area contributed by atoms with Gasteiger partial charge in [0.15, 0.2) is 0 Å². The maximum absolute atomic E-state index is 11.7. The van der Waals surface area contributed by atoms with Gasteiger partial charge in [0, 0.05) is 6.07 Å². The van der Waals surface area contributed by atoms with Gasteiger partial charge in [0.05, 0.1) is 18.5 Å². The summed E-state index contributed by atoms with van der Waals surface area (Å²) in [6, 6.07) is 3.99. The van der Waals surface area contributed by atoms with E-state index in [-0.39, 0.29) is 17.8 Å². The van der Waals surface area contributed by atoms with Crippen LogP contribution in [0, 0.1) is 10.1 Å². The molecule has 0 atom stereocenters. The molecule has 1 rings (SSSR count). The number of carbonyl (C=O) groups is 2. The number of nitro groups is 1. The van der Waals surface area contributed by atoms with Gasteiger partial charge in [-0.3, -0.25) is 20.2 Å². The number of anilines is 1. The van der Waals surface area contributed by atoms with E-state index in [4.69, 9.17) is 4.74 Å². The van der Waals surface area contributed by atoms with Crippen LogP contribution >= 0.6 is 0 Å². The van der Waals surface area contributed by atoms with Crippen molar-refractivity contribution < 1.29 is 24.0 Å². The van der Waals surface area contributed by atoms with Gasteiger partial charge in [-0.1, -0.05) is 6.07 Å². The summed E-state index contributed by atoms with van der Waals surface area (Å²) in [5, 5.41) is 13.3. The van der Waals surface area contributed by atoms with Gasteiger partial charge in [0.1, 0.15) is 11.3 Å². The summed E-state index contributed by atoms with van der Waals surface area (Å²) in [6.07, 6.45) is -0.872. The van der Waals surface area contributed by atoms with Crippen LogP contribution in [0.15, 0.2) is 18.2 Å². The van der Waals surface area contributed by atoms with Crippen LogP contribution in [0.3, 0.4) is 0 Å². The van der Waals surface area contributed by atoms with Crippen LogP contribution in [0.1, 0.15) is 26.3 Å². The molecule has 0 spiro atoms. The zero-order valence-electron chi connectivity index (χ0n) is 12.8. The molecule has 0 aliphatic carbocycles. The monoisotopic (exact) mass is 310 g/mol. The van der Waals surface area contributed by atoms with Crippen LogP contribution in [0.25, 0.3) is 0 Å². The van der Waals surface area contributed by atoms with Crippen molar-refractivity contribution in [2.75, 3.05) is 12.4 Å². The molecule has 0 radical (unpaired) electrons. The van der Waals surface area contributed by atoms with E-state index < -0.39 is 22.6 Å². The second-order valence-corrected chi connectivity index (χ2v) is 5.49. The van der Waals surface area contributed by atoms with Gasteiger partial charge in [-0.2, -0.15) is 0 Å². The highest BCUT2D eigenvalue weighted by molar-refractivity contribution is 5.88. The van der Waals surface area contributed by atoms with E-state index in [2.05, 4.69) is 10.1 Å². The van der Waals surface area contributed by atoms with E-state index in [1.54, 1.807) is 20.8 Å². The predicted octanol–water partition coefficient (Wildman–Crippen LogP) is 2.66. The number of amides is 1. The molecule has 22 heavy (non-hydrogen) atoms. The van der Waals surface area contributed by atoms with Gasteiger partial charge in [0.25, 0.3) is 5.69 Å². The fraction of sp³-hybridized carbons (Fsp3) is 0.429. The molecule has 0 aliphatic rings. The van der Waals surface area contributed by atoms with Crippen LogP contribution < -0.4 is 5.32 Å². The third-order valence-corrected chi connectivity index (χ3v) is 2.47. The molecule has 0 saturated carbocycles. The third kappa shape index (κ3) is 5.39. The number of hydrogen-bond acceptors (Lipinski definition) is 6. The Kier molecular flexibility index (Phi) is 5.44. The Morgan fingerprint density at radius 3 is 2.45 bits per heavy atom. The van der Waals surface area contributed by atoms with Crippen molar-refractivity contribution in [3.63, 3.8) is 0 Å². The lowest BCUT2D eigenvalue weighted by Crippen LogP contribution is -2.27. The van der Waals surface area contributed by atoms with Crippen molar-refractivity contribution in [3.8, 4) is 0 Å². The maximum Gasteiger partial charge on any atom is 0.412 e. The summed E-state index contributed by atoms with van der Waals surface area (Å²) in [6.45, 7) is 5.03. The van der Waals surface area contributed by atoms with Crippen LogP contribution in [0.4, 0.5) is 16.2 Å². The summed E-state index contributed by atoms with van der Waals surface area (Å²) in [7, 11) is 1.24. The quantitative estimate of drug-likeness (QED) is 0.520. The zero-order chi connectivity index (χ0) is 16.9. The van der Waals surface area contributed by atoms with Gasteiger partial charge in [-0.25, -0.2) is 4.79 Å². The van der Waals surface area contributed by atoms with Crippen molar-refractivity contribution in [1.29, 1.82) is 0 Å². The molecule has 0 saturated heterocycles. The van der Waals surface area contributed by atoms with E-state index in [9.17, 15) is 19.7 Å². The molecule has 0 aromatic heterocycles. The molecule has 0 aliphatic heterocycles. The van der Waals surface area contributed by atoms with Crippen molar-refractivity contribution in [2.24, 2.45) is 0 Å². The number of hydrogen-bond donors (Lipinski definition) is 1. The van der Waals surface area contributed by atoms with Gasteiger partial charge in [0.2, 0.25) is 0 Å². The Labute approximate surface area is 127 Å². The number of methoxy groups -OCH3 is 1. The lowest BCUT2D eigenvalue weighted by atomic mass is 10.1. The van der Waals surface area contributed by atoms with Gasteiger partial charge in [-0.15, -0.1) is 0 Å². The highest BCUT2D eigenvalue weighted by Gasteiger charge is 2.21. The van der Waals surface area contributed by atoms with Crippen LogP contribution in [-0.4, -0.2) is 29.7 Å². The van der Waals surface area contributed by atoms with E-state index in [0.29, 0.717) is 5.56 Å². The summed E-state index contributed by atoms with van der Waals surface area (Å²) in [5.74, 6) is -0.489. The second kappa shape index (κ2) is 6.88. The van der Waals surface area contributed by atoms with Crippen LogP contribution in [0.2, 0.25) is 0 Å². The first-order chi connectivity index (χ1) is 10.1. The number of benzene rings is 1. The van der Waals surface area contributed by atoms with Gasteiger partial charge >= 0.3 is 12.1 Å². The van der Waals surface area contributed by atoms with E-state index in [0.717, 1.165) is 0 Å². The number of nitro benzene ring substituents is 1. The Hall–Kier alpha value is -2.64. The van der Waals surface area contributed by atoms with Crippen molar-refractivity contribution in [1.82, 2.24) is 0 Å². The summed E-state index contributed by atoms with van der Waals surface area (Å²) in [4.78, 5) is 33.4. The summed E-state index contributed by atoms with van der Waals surface area (Å²) >= 11 is 0. The molecule has 0 fully saturated rings. The molecule has 0 bridgehead atoms. The van der Waals surface area contributed by atoms with Crippen molar-refractivity contribution in [3.05, 3.63) is 33.9 Å². The van der Waals surface area contributed by atoms with Gasteiger partial charge in [-0.05, 0) is 32.4 Å². The predicted molar refractivity (Wildman–Crippen MR) is 78.7 cm³/mol. The summed E-state index contributed by atoms with van der Waals surface area (Å²) in [5.41, 5.74) is -0.591. The number of carbonyl (C=O) groups excluding carboxylic acids is 2. The first kappa shape index (κ1) is 17.4. The van der Waals surface area contributed by atoms with Crippen LogP contribution in [-0.2, 0) is 20.7 Å². The molecule has 0 heterocycles. The second-order valence-electron chi connectivity index (χ2n) is 5.49. The maximum atomic E-state index is 11.7. The number of esters is 1.